The molecule has 0 aliphatic carbocycles. The Morgan fingerprint density at radius 1 is 1.22 bits per heavy atom. The van der Waals surface area contributed by atoms with Crippen LogP contribution in [-0.2, 0) is 13.7 Å². The third kappa shape index (κ3) is 5.52. The van der Waals surface area contributed by atoms with Crippen molar-refractivity contribution in [3.63, 3.8) is 0 Å². The summed E-state index contributed by atoms with van der Waals surface area (Å²) < 4.78 is 10.2. The van der Waals surface area contributed by atoms with Crippen LogP contribution in [0, 0.1) is 0 Å². The van der Waals surface area contributed by atoms with Crippen LogP contribution in [-0.4, -0.2) is 65.1 Å². The van der Waals surface area contributed by atoms with Crippen molar-refractivity contribution in [1.29, 1.82) is 0 Å². The van der Waals surface area contributed by atoms with E-state index in [1.807, 2.05) is 40.0 Å². The van der Waals surface area contributed by atoms with Crippen LogP contribution in [0.2, 0.25) is 0 Å². The van der Waals surface area contributed by atoms with Crippen molar-refractivity contribution in [2.24, 2.45) is 12.0 Å². The number of likely N-dealkylation sites (N-methyl/N-ethyl adjacent to an activating group) is 1. The molecule has 1 aliphatic rings. The Bertz CT molecular complexity index is 1490. The summed E-state index contributed by atoms with van der Waals surface area (Å²) in [6.45, 7) is 2.23. The lowest BCUT2D eigenvalue weighted by molar-refractivity contribution is 0.100. The number of hydrogen-bond donors (Lipinski definition) is 1. The van der Waals surface area contributed by atoms with Gasteiger partial charge in [-0.2, -0.15) is 10.2 Å². The number of nitrogens with one attached hydrogen (secondary N) is 1. The Morgan fingerprint density at radius 2 is 2.03 bits per heavy atom. The molecule has 2 aromatic heterocycles. The summed E-state index contributed by atoms with van der Waals surface area (Å²) in [6.07, 6.45) is 1.62. The largest absolute Gasteiger partial charge is 0.487 e. The van der Waals surface area contributed by atoms with Gasteiger partial charge in [-0.25, -0.2) is 10.1 Å². The number of alkyl halides is 1. The van der Waals surface area contributed by atoms with Gasteiger partial charge in [0.15, 0.2) is 0 Å². The van der Waals surface area contributed by atoms with Crippen LogP contribution in [0.5, 0.6) is 5.75 Å². The first-order chi connectivity index (χ1) is 17.5. The van der Waals surface area contributed by atoms with E-state index in [2.05, 4.69) is 32.2 Å². The molecule has 0 saturated carbocycles. The first-order valence-corrected chi connectivity index (χ1v) is 14.7. The van der Waals surface area contributed by atoms with E-state index in [1.54, 1.807) is 30.5 Å². The minimum Gasteiger partial charge on any atom is -0.487 e. The molecule has 36 heavy (non-hydrogen) atoms. The minimum atomic E-state index is -0.354. The molecular formula is C25H25IN6O3S. The molecule has 1 amide bonds. The molecule has 2 aromatic carbocycles. The van der Waals surface area contributed by atoms with Gasteiger partial charge in [-0.15, -0.1) is 20.7 Å². The Hall–Kier alpha value is -3.03. The van der Waals surface area contributed by atoms with E-state index in [1.165, 1.54) is 11.3 Å². The maximum Gasteiger partial charge on any atom is 0.322 e. The van der Waals surface area contributed by atoms with E-state index < -0.39 is 0 Å². The molecular weight excluding hydrogens is 591 g/mol. The Balaban J connectivity index is 1.17. The summed E-state index contributed by atoms with van der Waals surface area (Å²) in [4.78, 5) is 30.3. The molecule has 1 saturated heterocycles. The lowest BCUT2D eigenvalue weighted by atomic mass is 10.1. The average molecular weight is 616 g/mol. The number of rotatable bonds is 7. The summed E-state index contributed by atoms with van der Waals surface area (Å²) in [7, 11) is 3.99. The van der Waals surface area contributed by atoms with Crippen LogP contribution >= 0.6 is 32.1 Å². The molecule has 0 spiro atoms. The van der Waals surface area contributed by atoms with E-state index in [4.69, 9.17) is 4.74 Å². The molecule has 1 N–H and O–H groups in total. The maximum absolute atomic E-state index is 12.5. The molecule has 5 rings (SSSR count). The highest BCUT2D eigenvalue weighted by Crippen LogP contribution is 2.34. The summed E-state index contributed by atoms with van der Waals surface area (Å²) >= 11 is 0.835. The van der Waals surface area contributed by atoms with Crippen LogP contribution < -0.4 is 9.61 Å². The number of amides is 1. The van der Waals surface area contributed by atoms with Crippen LogP contribution in [0.4, 0.5) is 0 Å². The Morgan fingerprint density at radius 3 is 2.81 bits per heavy atom. The van der Waals surface area contributed by atoms with Crippen LogP contribution in [0.3, 0.4) is 0 Å². The first-order valence-electron chi connectivity index (χ1n) is 11.4. The molecule has 186 valence electrons. The van der Waals surface area contributed by atoms with Gasteiger partial charge >= 0.3 is 4.87 Å². The molecule has 1 unspecified atom stereocenters. The van der Waals surface area contributed by atoms with Gasteiger partial charge in [0.2, 0.25) is 0 Å². The zero-order valence-corrected chi connectivity index (χ0v) is 22.8. The molecule has 0 radical (unpaired) electrons. The lowest BCUT2D eigenvalue weighted by Gasteiger charge is -2.09. The minimum absolute atomic E-state index is 0.116. The van der Waals surface area contributed by atoms with Gasteiger partial charge < -0.3 is 9.64 Å². The third-order valence-electron chi connectivity index (χ3n) is 6.03. The quantitative estimate of drug-likeness (QED) is 0.194. The summed E-state index contributed by atoms with van der Waals surface area (Å²) in [5.74, 6) is 0.643. The van der Waals surface area contributed by atoms with Crippen molar-refractivity contribution >= 4 is 59.1 Å². The molecule has 0 bridgehead atoms. The molecule has 11 heteroatoms. The second-order valence-corrected chi connectivity index (χ2v) is 12.6. The second kappa shape index (κ2) is 10.9. The van der Waals surface area contributed by atoms with Gasteiger partial charge in [0.25, 0.3) is 5.91 Å². The van der Waals surface area contributed by atoms with Crippen molar-refractivity contribution in [2.45, 2.75) is 16.4 Å². The molecule has 1 aliphatic heterocycles. The van der Waals surface area contributed by atoms with E-state index in [9.17, 15) is 9.59 Å². The fraction of sp³-hybridized carbons (Fsp3) is 0.280. The van der Waals surface area contributed by atoms with Crippen molar-refractivity contribution in [3.05, 3.63) is 74.5 Å². The number of halogens is 1. The highest BCUT2D eigenvalue weighted by atomic mass is 127. The number of aryl methyl sites for hydroxylation is 1. The molecule has 9 nitrogen and oxygen atoms in total. The van der Waals surface area contributed by atoms with Crippen molar-refractivity contribution < 1.29 is 9.53 Å². The standard InChI is InChI=1S/C25H25IN6O3S/c1-31-13-19(24-28-29-25(34)36-24)20(14-31)26-11-12-27-23(33)16-7-9-17(10-8-16)35-15-22-18-5-3-4-6-21(18)30-32(22)2/h3-12,19-20H,13-15H2,1-2H3,(H,29,34)/t19-,20?/m0/s1. The predicted octanol–water partition coefficient (Wildman–Crippen LogP) is 3.38. The number of ether oxygens (including phenoxy) is 1. The topological polar surface area (TPSA) is 105 Å². The SMILES string of the molecule is CN1CC(I=CC=NC(=O)c2ccc(OCc3c4ccccc4nn3C)cc2)[C@@H](c2n[nH]c(=O)s2)C1. The van der Waals surface area contributed by atoms with Crippen LogP contribution in [0.15, 0.2) is 58.3 Å². The second-order valence-electron chi connectivity index (χ2n) is 8.53. The zero-order valence-electron chi connectivity index (χ0n) is 19.8. The van der Waals surface area contributed by atoms with Crippen LogP contribution in [0.1, 0.15) is 27.0 Å². The third-order valence-corrected chi connectivity index (χ3v) is 9.83. The molecule has 2 atom stereocenters. The fourth-order valence-electron chi connectivity index (χ4n) is 4.22. The van der Waals surface area contributed by atoms with E-state index in [0.717, 1.165) is 34.7 Å². The van der Waals surface area contributed by atoms with Gasteiger partial charge in [0.1, 0.15) is 17.4 Å². The molecule has 1 fully saturated rings. The van der Waals surface area contributed by atoms with Gasteiger partial charge in [0, 0.05) is 47.1 Å². The van der Waals surface area contributed by atoms with Crippen molar-refractivity contribution in [2.75, 3.05) is 20.1 Å². The Labute approximate surface area is 221 Å². The first kappa shape index (κ1) is 24.7. The van der Waals surface area contributed by atoms with Gasteiger partial charge in [-0.05, 0) is 41.4 Å². The van der Waals surface area contributed by atoms with Crippen molar-refractivity contribution in [3.8, 4) is 5.75 Å². The zero-order chi connectivity index (χ0) is 25.1. The summed E-state index contributed by atoms with van der Waals surface area (Å²) in [5.41, 5.74) is 2.44. The normalized spacial score (nSPS) is 18.8. The van der Waals surface area contributed by atoms with Gasteiger partial charge in [-0.1, -0.05) is 29.5 Å². The monoisotopic (exact) mass is 616 g/mol. The van der Waals surface area contributed by atoms with E-state index in [-0.39, 0.29) is 37.4 Å². The number of benzene rings is 2. The lowest BCUT2D eigenvalue weighted by Crippen LogP contribution is -2.13. The number of aromatic amines is 1. The maximum atomic E-state index is 12.5. The smallest absolute Gasteiger partial charge is 0.322 e. The highest BCUT2D eigenvalue weighted by Gasteiger charge is 2.33. The fourth-order valence-corrected chi connectivity index (χ4v) is 8.08. The van der Waals surface area contributed by atoms with Crippen LogP contribution in [0.25, 0.3) is 10.9 Å². The Kier molecular flexibility index (Phi) is 7.48. The number of H-pyrrole nitrogens is 1. The number of carbonyl (C=O) groups is 1. The number of hydrogen-bond acceptors (Lipinski definition) is 7. The number of carbonyl (C=O) groups excluding carboxylic acids is 1. The van der Waals surface area contributed by atoms with Crippen molar-refractivity contribution in [1.82, 2.24) is 24.9 Å². The highest BCUT2D eigenvalue weighted by molar-refractivity contribution is 14.2. The number of likely N-dealkylation sites (tertiary alicyclic amines) is 1. The number of aliphatic imine (C=N–C) groups is 1. The predicted molar refractivity (Wildman–Crippen MR) is 151 cm³/mol. The number of fused-ring (bicyclic) bond motifs is 1. The average Bonchev–Trinajstić information content (AvgIpc) is 3.56. The molecule has 3 heterocycles. The summed E-state index contributed by atoms with van der Waals surface area (Å²) in [5, 5.41) is 13.1. The molecule has 4 aromatic rings. The number of aromatic nitrogens is 4. The van der Waals surface area contributed by atoms with Gasteiger partial charge in [0.05, 0.1) is 11.2 Å². The summed E-state index contributed by atoms with van der Waals surface area (Å²) in [6, 6.07) is 15.0. The van der Waals surface area contributed by atoms with E-state index >= 15 is 0 Å². The van der Waals surface area contributed by atoms with E-state index in [0.29, 0.717) is 21.8 Å². The van der Waals surface area contributed by atoms with Gasteiger partial charge in [-0.3, -0.25) is 14.3 Å². The number of nitrogens with zero attached hydrogens (tertiary/aromatic N) is 5.